The molecule has 21 heavy (non-hydrogen) atoms. The van der Waals surface area contributed by atoms with Gasteiger partial charge >= 0.3 is 0 Å². The molecule has 5 nitrogen and oxygen atoms in total. The van der Waals surface area contributed by atoms with Crippen LogP contribution in [0.2, 0.25) is 0 Å². The Morgan fingerprint density at radius 2 is 1.86 bits per heavy atom. The third-order valence-electron chi connectivity index (χ3n) is 4.33. The molecule has 0 aromatic heterocycles. The highest BCUT2D eigenvalue weighted by Crippen LogP contribution is 2.31. The van der Waals surface area contributed by atoms with Gasteiger partial charge in [0.25, 0.3) is 0 Å². The molecule has 4 N–H and O–H groups in total. The molecule has 0 heterocycles. The number of nitrogens with zero attached hydrogens (tertiary/aromatic N) is 1. The van der Waals surface area contributed by atoms with Crippen molar-refractivity contribution in [3.63, 3.8) is 0 Å². The van der Waals surface area contributed by atoms with Crippen LogP contribution in [0.4, 0.5) is 11.4 Å². The van der Waals surface area contributed by atoms with E-state index in [0.717, 1.165) is 12.2 Å². The zero-order valence-corrected chi connectivity index (χ0v) is 13.6. The first-order valence-corrected chi connectivity index (χ1v) is 8.97. The molecule has 0 saturated heterocycles. The lowest BCUT2D eigenvalue weighted by Gasteiger charge is -2.30. The highest BCUT2D eigenvalue weighted by molar-refractivity contribution is 7.89. The zero-order valence-electron chi connectivity index (χ0n) is 12.8. The van der Waals surface area contributed by atoms with Gasteiger partial charge in [0.2, 0.25) is 10.0 Å². The van der Waals surface area contributed by atoms with E-state index >= 15 is 0 Å². The molecule has 1 aromatic rings. The van der Waals surface area contributed by atoms with Crippen LogP contribution in [0.3, 0.4) is 0 Å². The molecule has 1 aromatic carbocycles. The zero-order chi connectivity index (χ0) is 15.6. The topological polar surface area (TPSA) is 89.4 Å². The molecule has 0 aliphatic heterocycles. The third kappa shape index (κ3) is 3.89. The minimum atomic E-state index is -3.75. The van der Waals surface area contributed by atoms with Gasteiger partial charge in [-0.25, -0.2) is 13.6 Å². The van der Waals surface area contributed by atoms with Gasteiger partial charge in [-0.05, 0) is 43.4 Å². The van der Waals surface area contributed by atoms with Gasteiger partial charge in [0.05, 0.1) is 4.90 Å². The van der Waals surface area contributed by atoms with Crippen molar-refractivity contribution in [2.45, 2.75) is 43.9 Å². The first kappa shape index (κ1) is 16.1. The summed E-state index contributed by atoms with van der Waals surface area (Å²) in [6.07, 6.45) is 6.39. The lowest BCUT2D eigenvalue weighted by Crippen LogP contribution is -2.28. The van der Waals surface area contributed by atoms with Crippen LogP contribution in [-0.2, 0) is 10.0 Å². The van der Waals surface area contributed by atoms with Crippen LogP contribution in [0.5, 0.6) is 0 Å². The summed E-state index contributed by atoms with van der Waals surface area (Å²) in [4.78, 5) is 2.23. The van der Waals surface area contributed by atoms with Gasteiger partial charge in [0.1, 0.15) is 0 Å². The molecule has 6 heteroatoms. The van der Waals surface area contributed by atoms with E-state index in [1.807, 2.05) is 13.1 Å². The lowest BCUT2D eigenvalue weighted by atomic mass is 9.89. The number of benzene rings is 1. The Kier molecular flexibility index (Phi) is 4.78. The van der Waals surface area contributed by atoms with Crippen LogP contribution >= 0.6 is 0 Å². The van der Waals surface area contributed by atoms with Crippen molar-refractivity contribution in [1.82, 2.24) is 0 Å². The molecular weight excluding hydrogens is 286 g/mol. The average Bonchev–Trinajstić information content (AvgIpc) is 2.40. The summed E-state index contributed by atoms with van der Waals surface area (Å²) in [5.41, 5.74) is 7.80. The van der Waals surface area contributed by atoms with E-state index < -0.39 is 10.0 Å². The molecular formula is C15H25N3O2S. The van der Waals surface area contributed by atoms with E-state index in [4.69, 9.17) is 10.9 Å². The molecule has 0 unspecified atom stereocenters. The number of nitrogens with two attached hydrogens (primary N) is 2. The summed E-state index contributed by atoms with van der Waals surface area (Å²) in [7, 11) is -1.76. The van der Waals surface area contributed by atoms with Gasteiger partial charge in [0.15, 0.2) is 0 Å². The molecule has 1 saturated carbocycles. The fraction of sp³-hybridized carbons (Fsp3) is 0.600. The smallest absolute Gasteiger partial charge is 0.238 e. The van der Waals surface area contributed by atoms with Crippen molar-refractivity contribution in [2.24, 2.45) is 11.1 Å². The maximum Gasteiger partial charge on any atom is 0.238 e. The number of nitrogen functional groups attached to an aromatic ring is 1. The second kappa shape index (κ2) is 6.23. The molecule has 0 bridgehead atoms. The standard InChI is InChI=1S/C15H25N3O2S/c1-11-14(8-13(16)9-15(11)21(17,19)20)18(2)10-12-6-4-3-5-7-12/h8-9,12H,3-7,10,16H2,1-2H3,(H2,17,19,20). The molecule has 0 amide bonds. The Morgan fingerprint density at radius 1 is 1.24 bits per heavy atom. The molecule has 1 aliphatic rings. The molecule has 0 radical (unpaired) electrons. The average molecular weight is 311 g/mol. The second-order valence-electron chi connectivity index (χ2n) is 6.09. The van der Waals surface area contributed by atoms with E-state index in [1.54, 1.807) is 6.92 Å². The SMILES string of the molecule is Cc1c(N(C)CC2CCCCC2)cc(N)cc1S(N)(=O)=O. The van der Waals surface area contributed by atoms with Crippen molar-refractivity contribution in [1.29, 1.82) is 0 Å². The van der Waals surface area contributed by atoms with Crippen molar-refractivity contribution in [2.75, 3.05) is 24.2 Å². The highest BCUT2D eigenvalue weighted by Gasteiger charge is 2.20. The normalized spacial score (nSPS) is 16.9. The Labute approximate surface area is 127 Å². The highest BCUT2D eigenvalue weighted by atomic mass is 32.2. The second-order valence-corrected chi connectivity index (χ2v) is 7.62. The number of anilines is 2. The molecule has 1 fully saturated rings. The Hall–Kier alpha value is -1.27. The summed E-state index contributed by atoms with van der Waals surface area (Å²) in [6.45, 7) is 2.71. The first-order chi connectivity index (χ1) is 9.79. The van der Waals surface area contributed by atoms with Gasteiger partial charge in [-0.15, -0.1) is 0 Å². The van der Waals surface area contributed by atoms with Gasteiger partial charge in [-0.2, -0.15) is 0 Å². The van der Waals surface area contributed by atoms with Crippen LogP contribution in [-0.4, -0.2) is 22.0 Å². The van der Waals surface area contributed by atoms with Crippen LogP contribution in [0.15, 0.2) is 17.0 Å². The minimum absolute atomic E-state index is 0.119. The van der Waals surface area contributed by atoms with Gasteiger partial charge in [-0.1, -0.05) is 19.3 Å². The Morgan fingerprint density at radius 3 is 2.43 bits per heavy atom. The summed E-state index contributed by atoms with van der Waals surface area (Å²) >= 11 is 0. The van der Waals surface area contributed by atoms with Crippen LogP contribution in [0.25, 0.3) is 0 Å². The summed E-state index contributed by atoms with van der Waals surface area (Å²) in [5, 5.41) is 5.28. The largest absolute Gasteiger partial charge is 0.399 e. The molecule has 1 aliphatic carbocycles. The fourth-order valence-electron chi connectivity index (χ4n) is 3.24. The van der Waals surface area contributed by atoms with Crippen molar-refractivity contribution in [3.8, 4) is 0 Å². The summed E-state index contributed by atoms with van der Waals surface area (Å²) < 4.78 is 23.3. The summed E-state index contributed by atoms with van der Waals surface area (Å²) in [6, 6.07) is 3.26. The van der Waals surface area contributed by atoms with E-state index in [1.165, 1.54) is 38.2 Å². The van der Waals surface area contributed by atoms with Crippen LogP contribution in [0, 0.1) is 12.8 Å². The van der Waals surface area contributed by atoms with Gasteiger partial charge in [-0.3, -0.25) is 0 Å². The molecule has 118 valence electrons. The Bertz CT molecular complexity index is 608. The van der Waals surface area contributed by atoms with E-state index in [-0.39, 0.29) is 4.90 Å². The number of hydrogen-bond acceptors (Lipinski definition) is 4. The predicted octanol–water partition coefficient (Wildman–Crippen LogP) is 2.24. The summed E-state index contributed by atoms with van der Waals surface area (Å²) in [5.74, 6) is 0.669. The number of rotatable bonds is 4. The van der Waals surface area contributed by atoms with Crippen molar-refractivity contribution in [3.05, 3.63) is 17.7 Å². The van der Waals surface area contributed by atoms with E-state index in [2.05, 4.69) is 4.90 Å². The van der Waals surface area contributed by atoms with Gasteiger partial charge < -0.3 is 10.6 Å². The first-order valence-electron chi connectivity index (χ1n) is 7.43. The van der Waals surface area contributed by atoms with E-state index in [0.29, 0.717) is 17.2 Å². The van der Waals surface area contributed by atoms with Crippen LogP contribution in [0.1, 0.15) is 37.7 Å². The third-order valence-corrected chi connectivity index (χ3v) is 5.37. The number of sulfonamides is 1. The van der Waals surface area contributed by atoms with Crippen molar-refractivity contribution >= 4 is 21.4 Å². The fourth-order valence-corrected chi connectivity index (χ4v) is 4.07. The maximum absolute atomic E-state index is 11.7. The Balaban J connectivity index is 2.28. The van der Waals surface area contributed by atoms with Crippen LogP contribution < -0.4 is 15.8 Å². The lowest BCUT2D eigenvalue weighted by molar-refractivity contribution is 0.362. The predicted molar refractivity (Wildman–Crippen MR) is 86.8 cm³/mol. The molecule has 0 atom stereocenters. The minimum Gasteiger partial charge on any atom is -0.399 e. The molecule has 2 rings (SSSR count). The maximum atomic E-state index is 11.7. The number of primary sulfonamides is 1. The number of hydrogen-bond donors (Lipinski definition) is 2. The van der Waals surface area contributed by atoms with E-state index in [9.17, 15) is 8.42 Å². The van der Waals surface area contributed by atoms with Crippen molar-refractivity contribution < 1.29 is 8.42 Å². The molecule has 0 spiro atoms. The van der Waals surface area contributed by atoms with Gasteiger partial charge in [0, 0.05) is 25.0 Å². The monoisotopic (exact) mass is 311 g/mol. The quantitative estimate of drug-likeness (QED) is 0.835.